The number of halogens is 1. The van der Waals surface area contributed by atoms with Gasteiger partial charge in [-0.1, -0.05) is 18.5 Å². The molecule has 26 heavy (non-hydrogen) atoms. The van der Waals surface area contributed by atoms with E-state index in [9.17, 15) is 4.79 Å². The number of nitrogens with zero attached hydrogens (tertiary/aromatic N) is 4. The van der Waals surface area contributed by atoms with Gasteiger partial charge in [-0.2, -0.15) is 5.10 Å². The van der Waals surface area contributed by atoms with E-state index in [-0.39, 0.29) is 11.9 Å². The minimum atomic E-state index is -0.259. The summed E-state index contributed by atoms with van der Waals surface area (Å²) in [5.74, 6) is 0.921. The van der Waals surface area contributed by atoms with Crippen LogP contribution in [-0.2, 0) is 17.8 Å². The van der Waals surface area contributed by atoms with Crippen molar-refractivity contribution in [3.05, 3.63) is 59.1 Å². The van der Waals surface area contributed by atoms with Gasteiger partial charge in [0.25, 0.3) is 0 Å². The summed E-state index contributed by atoms with van der Waals surface area (Å²) in [5, 5.41) is 4.94. The summed E-state index contributed by atoms with van der Waals surface area (Å²) in [4.78, 5) is 22.9. The van der Waals surface area contributed by atoms with Gasteiger partial charge in [-0.3, -0.25) is 9.48 Å². The molecule has 1 amide bonds. The van der Waals surface area contributed by atoms with E-state index < -0.39 is 0 Å². The van der Waals surface area contributed by atoms with Gasteiger partial charge < -0.3 is 9.88 Å². The van der Waals surface area contributed by atoms with E-state index in [1.54, 1.807) is 10.9 Å². The molecule has 7 heteroatoms. The second kappa shape index (κ2) is 6.96. The number of imidazole rings is 1. The van der Waals surface area contributed by atoms with Crippen LogP contribution in [0.4, 0.5) is 0 Å². The van der Waals surface area contributed by atoms with Crippen LogP contribution in [0.5, 0.6) is 0 Å². The normalized spacial score (nSPS) is 14.9. The maximum Gasteiger partial charge on any atom is 0.247 e. The molecule has 2 aromatic heterocycles. The Morgan fingerprint density at radius 3 is 2.85 bits per heavy atom. The average Bonchev–Trinajstić information content (AvgIpc) is 3.32. The predicted octanol–water partition coefficient (Wildman–Crippen LogP) is 3.46. The third-order valence-corrected chi connectivity index (χ3v) is 5.03. The molecule has 4 rings (SSSR count). The van der Waals surface area contributed by atoms with E-state index in [1.807, 2.05) is 48.4 Å². The van der Waals surface area contributed by atoms with Crippen molar-refractivity contribution < 1.29 is 4.79 Å². The predicted molar refractivity (Wildman–Crippen MR) is 99.7 cm³/mol. The van der Waals surface area contributed by atoms with E-state index in [0.29, 0.717) is 24.5 Å². The third kappa shape index (κ3) is 3.12. The summed E-state index contributed by atoms with van der Waals surface area (Å²) < 4.78 is 1.74. The van der Waals surface area contributed by atoms with Crippen LogP contribution in [-0.4, -0.2) is 37.1 Å². The minimum absolute atomic E-state index is 0.101. The van der Waals surface area contributed by atoms with Crippen LogP contribution in [0.3, 0.4) is 0 Å². The molecule has 0 saturated heterocycles. The molecule has 3 heterocycles. The number of fused-ring (bicyclic) bond motifs is 1. The fourth-order valence-corrected chi connectivity index (χ4v) is 3.50. The van der Waals surface area contributed by atoms with Gasteiger partial charge in [0.1, 0.15) is 11.9 Å². The number of hydrogen-bond donors (Lipinski definition) is 1. The van der Waals surface area contributed by atoms with Crippen LogP contribution in [0, 0.1) is 0 Å². The largest absolute Gasteiger partial charge is 0.340 e. The van der Waals surface area contributed by atoms with Crippen LogP contribution >= 0.6 is 11.6 Å². The van der Waals surface area contributed by atoms with Gasteiger partial charge in [-0.25, -0.2) is 4.98 Å². The van der Waals surface area contributed by atoms with Crippen molar-refractivity contribution in [2.45, 2.75) is 32.4 Å². The highest BCUT2D eigenvalue weighted by atomic mass is 35.5. The lowest BCUT2D eigenvalue weighted by atomic mass is 10.1. The molecule has 1 aliphatic rings. The fourth-order valence-electron chi connectivity index (χ4n) is 3.38. The van der Waals surface area contributed by atoms with Gasteiger partial charge in [-0.05, 0) is 36.8 Å². The molecule has 0 radical (unpaired) electrons. The third-order valence-electron chi connectivity index (χ3n) is 4.78. The first-order chi connectivity index (χ1) is 12.7. The van der Waals surface area contributed by atoms with Gasteiger partial charge in [0.2, 0.25) is 5.91 Å². The average molecular weight is 370 g/mol. The van der Waals surface area contributed by atoms with Crippen molar-refractivity contribution in [1.82, 2.24) is 24.6 Å². The number of nitrogens with one attached hydrogen (secondary N) is 1. The van der Waals surface area contributed by atoms with Gasteiger partial charge in [-0.15, -0.1) is 0 Å². The molecule has 0 unspecified atom stereocenters. The van der Waals surface area contributed by atoms with Crippen molar-refractivity contribution in [2.75, 3.05) is 6.54 Å². The molecule has 6 nitrogen and oxygen atoms in total. The highest BCUT2D eigenvalue weighted by Crippen LogP contribution is 2.25. The van der Waals surface area contributed by atoms with Crippen LogP contribution in [0.1, 0.15) is 30.8 Å². The Hall–Kier alpha value is -2.60. The highest BCUT2D eigenvalue weighted by molar-refractivity contribution is 6.30. The van der Waals surface area contributed by atoms with E-state index in [4.69, 9.17) is 16.6 Å². The molecular formula is C19H20ClN5O. The highest BCUT2D eigenvalue weighted by Gasteiger charge is 2.29. The molecule has 1 atom stereocenters. The number of hydrogen-bond acceptors (Lipinski definition) is 3. The van der Waals surface area contributed by atoms with Gasteiger partial charge >= 0.3 is 0 Å². The fraction of sp³-hybridized carbons (Fsp3) is 0.316. The van der Waals surface area contributed by atoms with Crippen molar-refractivity contribution in [2.24, 2.45) is 0 Å². The number of carbonyl (C=O) groups is 1. The van der Waals surface area contributed by atoms with Crippen molar-refractivity contribution in [3.8, 4) is 11.4 Å². The molecule has 1 N–H and O–H groups in total. The van der Waals surface area contributed by atoms with Crippen molar-refractivity contribution >= 4 is 17.5 Å². The summed E-state index contributed by atoms with van der Waals surface area (Å²) in [6, 6.07) is 9.18. The Morgan fingerprint density at radius 2 is 2.15 bits per heavy atom. The first kappa shape index (κ1) is 16.8. The topological polar surface area (TPSA) is 66.8 Å². The van der Waals surface area contributed by atoms with Gasteiger partial charge in [0, 0.05) is 35.9 Å². The quantitative estimate of drug-likeness (QED) is 0.765. The Balaban J connectivity index is 1.54. The van der Waals surface area contributed by atoms with Crippen LogP contribution < -0.4 is 0 Å². The van der Waals surface area contributed by atoms with Crippen LogP contribution in [0.2, 0.25) is 5.02 Å². The molecule has 1 aliphatic heterocycles. The molecule has 0 saturated carbocycles. The number of aromatic amines is 1. The van der Waals surface area contributed by atoms with E-state index in [0.717, 1.165) is 29.2 Å². The molecule has 134 valence electrons. The van der Waals surface area contributed by atoms with Crippen LogP contribution in [0.25, 0.3) is 11.4 Å². The molecule has 3 aromatic rings. The lowest BCUT2D eigenvalue weighted by Gasteiger charge is -2.29. The summed E-state index contributed by atoms with van der Waals surface area (Å²) in [5.41, 5.74) is 3.03. The van der Waals surface area contributed by atoms with Crippen molar-refractivity contribution in [1.29, 1.82) is 0 Å². The summed E-state index contributed by atoms with van der Waals surface area (Å²) >= 11 is 5.96. The van der Waals surface area contributed by atoms with Crippen LogP contribution in [0.15, 0.2) is 42.7 Å². The number of benzene rings is 1. The number of rotatable bonds is 4. The van der Waals surface area contributed by atoms with E-state index in [2.05, 4.69) is 10.1 Å². The second-order valence-electron chi connectivity index (χ2n) is 6.44. The van der Waals surface area contributed by atoms with Gasteiger partial charge in [0.15, 0.2) is 0 Å². The Bertz CT molecular complexity index is 901. The number of aromatic nitrogens is 4. The summed E-state index contributed by atoms with van der Waals surface area (Å²) in [6.45, 7) is 3.23. The number of carbonyl (C=O) groups excluding carboxylic acids is 1. The molecule has 0 bridgehead atoms. The molecule has 0 spiro atoms. The second-order valence-corrected chi connectivity index (χ2v) is 6.87. The molecule has 0 aliphatic carbocycles. The Labute approximate surface area is 156 Å². The maximum atomic E-state index is 13.0. The summed E-state index contributed by atoms with van der Waals surface area (Å²) in [7, 11) is 0. The number of amides is 1. The maximum absolute atomic E-state index is 13.0. The molecular weight excluding hydrogens is 350 g/mol. The van der Waals surface area contributed by atoms with Crippen molar-refractivity contribution in [3.63, 3.8) is 0 Å². The smallest absolute Gasteiger partial charge is 0.247 e. The minimum Gasteiger partial charge on any atom is -0.340 e. The lowest BCUT2D eigenvalue weighted by molar-refractivity contribution is -0.136. The Kier molecular flexibility index (Phi) is 4.51. The van der Waals surface area contributed by atoms with E-state index >= 15 is 0 Å². The zero-order valence-corrected chi connectivity index (χ0v) is 15.3. The zero-order chi connectivity index (χ0) is 18.1. The standard InChI is InChI=1S/C19H20ClN5O/c1-2-17(25-10-3-9-21-25)19(26)24-11-8-15-16(12-24)23-18(22-15)13-4-6-14(20)7-5-13/h3-7,9-10,17H,2,8,11-12H2,1H3,(H,22,23)/t17-/m0/s1. The zero-order valence-electron chi connectivity index (χ0n) is 14.5. The van der Waals surface area contributed by atoms with E-state index in [1.165, 1.54) is 0 Å². The summed E-state index contributed by atoms with van der Waals surface area (Å²) in [6.07, 6.45) is 5.01. The first-order valence-electron chi connectivity index (χ1n) is 8.77. The number of H-pyrrole nitrogens is 1. The SMILES string of the molecule is CC[C@@H](C(=O)N1CCc2nc(-c3ccc(Cl)cc3)[nH]c2C1)n1cccn1. The molecule has 1 aromatic carbocycles. The molecule has 0 fully saturated rings. The monoisotopic (exact) mass is 369 g/mol. The Morgan fingerprint density at radius 1 is 1.35 bits per heavy atom. The lowest BCUT2D eigenvalue weighted by Crippen LogP contribution is -2.40. The van der Waals surface area contributed by atoms with Gasteiger partial charge in [0.05, 0.1) is 17.9 Å². The first-order valence-corrected chi connectivity index (χ1v) is 9.15.